The molecule has 0 N–H and O–H groups in total. The van der Waals surface area contributed by atoms with E-state index in [0.29, 0.717) is 26.0 Å². The van der Waals surface area contributed by atoms with Crippen LogP contribution in [0.3, 0.4) is 0 Å². The van der Waals surface area contributed by atoms with Gasteiger partial charge in [-0.05, 0) is 31.6 Å². The summed E-state index contributed by atoms with van der Waals surface area (Å²) >= 11 is 0. The molecule has 1 atom stereocenters. The zero-order valence-corrected chi connectivity index (χ0v) is 16.0. The molecule has 1 unspecified atom stereocenters. The Balaban J connectivity index is 1.72. The van der Waals surface area contributed by atoms with Crippen LogP contribution in [0.2, 0.25) is 0 Å². The summed E-state index contributed by atoms with van der Waals surface area (Å²) in [4.78, 5) is 38.2. The number of rotatable bonds is 8. The third-order valence-corrected chi connectivity index (χ3v) is 5.97. The van der Waals surface area contributed by atoms with Crippen LogP contribution in [-0.2, 0) is 19.1 Å². The summed E-state index contributed by atoms with van der Waals surface area (Å²) in [5.41, 5.74) is -0.679. The van der Waals surface area contributed by atoms with Gasteiger partial charge in [-0.1, -0.05) is 52.9 Å². The van der Waals surface area contributed by atoms with Crippen molar-refractivity contribution >= 4 is 17.7 Å². The quantitative estimate of drug-likeness (QED) is 0.381. The molecule has 2 aliphatic rings. The minimum Gasteiger partial charge on any atom is -0.464 e. The Labute approximate surface area is 151 Å². The first-order valence-electron chi connectivity index (χ1n) is 9.89. The van der Waals surface area contributed by atoms with E-state index in [9.17, 15) is 14.4 Å². The van der Waals surface area contributed by atoms with Crippen LogP contribution >= 0.6 is 0 Å². The summed E-state index contributed by atoms with van der Waals surface area (Å²) in [6, 6.07) is -0.571. The van der Waals surface area contributed by atoms with Crippen molar-refractivity contribution in [1.29, 1.82) is 0 Å². The fourth-order valence-electron chi connectivity index (χ4n) is 3.57. The third-order valence-electron chi connectivity index (χ3n) is 5.97. The van der Waals surface area contributed by atoms with Crippen LogP contribution in [0, 0.1) is 11.3 Å². The van der Waals surface area contributed by atoms with Crippen molar-refractivity contribution in [3.8, 4) is 0 Å². The zero-order chi connectivity index (χ0) is 18.4. The van der Waals surface area contributed by atoms with Crippen molar-refractivity contribution in [3.05, 3.63) is 0 Å². The van der Waals surface area contributed by atoms with Crippen LogP contribution in [0.25, 0.3) is 0 Å². The molecule has 2 rings (SSSR count). The van der Waals surface area contributed by atoms with Gasteiger partial charge in [-0.15, -0.1) is 0 Å². The van der Waals surface area contributed by atoms with E-state index in [1.165, 1.54) is 37.0 Å². The van der Waals surface area contributed by atoms with Gasteiger partial charge >= 0.3 is 5.97 Å². The lowest BCUT2D eigenvalue weighted by Crippen LogP contribution is -2.59. The highest BCUT2D eigenvalue weighted by molar-refractivity contribution is 6.38. The van der Waals surface area contributed by atoms with E-state index in [1.54, 1.807) is 13.8 Å². The molecule has 142 valence electrons. The molecule has 0 bridgehead atoms. The first-order valence-corrected chi connectivity index (χ1v) is 9.89. The van der Waals surface area contributed by atoms with Crippen molar-refractivity contribution in [2.24, 2.45) is 11.3 Å². The van der Waals surface area contributed by atoms with Crippen LogP contribution in [0.15, 0.2) is 0 Å². The summed E-state index contributed by atoms with van der Waals surface area (Å²) in [5.74, 6) is -0.527. The Bertz CT molecular complexity index is 494. The molecule has 0 aromatic carbocycles. The molecule has 0 spiro atoms. The Morgan fingerprint density at radius 1 is 1.08 bits per heavy atom. The number of ether oxygens (including phenoxy) is 1. The van der Waals surface area contributed by atoms with Gasteiger partial charge in [0.05, 0.1) is 6.61 Å². The number of carbonyl (C=O) groups is 3. The number of esters is 1. The lowest BCUT2D eigenvalue weighted by Gasteiger charge is -2.39. The van der Waals surface area contributed by atoms with Crippen LogP contribution < -0.4 is 0 Å². The van der Waals surface area contributed by atoms with Crippen molar-refractivity contribution in [3.63, 3.8) is 0 Å². The van der Waals surface area contributed by atoms with Crippen molar-refractivity contribution in [2.75, 3.05) is 13.2 Å². The molecule has 0 aromatic rings. The average Bonchev–Trinajstić information content (AvgIpc) is 2.58. The molecule has 1 saturated heterocycles. The van der Waals surface area contributed by atoms with E-state index in [4.69, 9.17) is 4.74 Å². The lowest BCUT2D eigenvalue weighted by molar-refractivity contribution is -0.165. The Kier molecular flexibility index (Phi) is 7.03. The second kappa shape index (κ2) is 8.81. The van der Waals surface area contributed by atoms with Gasteiger partial charge in [0, 0.05) is 12.0 Å². The van der Waals surface area contributed by atoms with Crippen LogP contribution in [0.1, 0.15) is 78.6 Å². The molecule has 25 heavy (non-hydrogen) atoms. The molecule has 1 aliphatic heterocycles. The molecular weight excluding hydrogens is 318 g/mol. The number of nitrogens with zero attached hydrogens (tertiary/aromatic N) is 1. The molecule has 2 fully saturated rings. The number of likely N-dealkylation sites (tertiary alicyclic amines) is 1. The molecule has 1 aliphatic carbocycles. The van der Waals surface area contributed by atoms with E-state index < -0.39 is 23.1 Å². The zero-order valence-electron chi connectivity index (χ0n) is 16.0. The molecule has 5 heteroatoms. The Morgan fingerprint density at radius 2 is 1.76 bits per heavy atom. The van der Waals surface area contributed by atoms with Gasteiger partial charge in [0.2, 0.25) is 5.78 Å². The van der Waals surface area contributed by atoms with Crippen LogP contribution in [0.4, 0.5) is 0 Å². The van der Waals surface area contributed by atoms with Gasteiger partial charge in [-0.25, -0.2) is 4.79 Å². The fourth-order valence-corrected chi connectivity index (χ4v) is 3.57. The maximum atomic E-state index is 12.4. The standard InChI is InChI=1S/C20H33NO4/c1-4-20(2,3)17(22)18(23)21-13-12-16(21)19(24)25-14-8-11-15-9-6-5-7-10-15/h15-16H,4-14H2,1-3H3. The van der Waals surface area contributed by atoms with Crippen molar-refractivity contribution < 1.29 is 19.1 Å². The van der Waals surface area contributed by atoms with Crippen molar-refractivity contribution in [2.45, 2.75) is 84.6 Å². The summed E-state index contributed by atoms with van der Waals surface area (Å²) < 4.78 is 5.36. The molecule has 5 nitrogen and oxygen atoms in total. The van der Waals surface area contributed by atoms with Gasteiger partial charge < -0.3 is 9.64 Å². The SMILES string of the molecule is CCC(C)(C)C(=O)C(=O)N1CCC1C(=O)OCCCC1CCCCC1. The second-order valence-electron chi connectivity index (χ2n) is 8.18. The molecule has 1 amide bonds. The number of carbonyl (C=O) groups excluding carboxylic acids is 3. The molecule has 0 radical (unpaired) electrons. The number of Topliss-reactive ketones (excluding diaryl/α,β-unsaturated/α-hetero) is 1. The normalized spacial score (nSPS) is 21.6. The summed E-state index contributed by atoms with van der Waals surface area (Å²) in [7, 11) is 0. The number of hydrogen-bond acceptors (Lipinski definition) is 4. The van der Waals surface area contributed by atoms with Gasteiger partial charge in [0.1, 0.15) is 6.04 Å². The first kappa shape index (κ1) is 19.9. The van der Waals surface area contributed by atoms with E-state index in [-0.39, 0.29) is 5.97 Å². The molecule has 1 heterocycles. The van der Waals surface area contributed by atoms with Crippen LogP contribution in [-0.4, -0.2) is 41.8 Å². The largest absolute Gasteiger partial charge is 0.464 e. The average molecular weight is 351 g/mol. The van der Waals surface area contributed by atoms with E-state index in [1.807, 2.05) is 6.92 Å². The minimum absolute atomic E-state index is 0.356. The maximum Gasteiger partial charge on any atom is 0.328 e. The highest BCUT2D eigenvalue weighted by atomic mass is 16.5. The Morgan fingerprint density at radius 3 is 2.32 bits per heavy atom. The molecule has 0 aromatic heterocycles. The predicted molar refractivity (Wildman–Crippen MR) is 96.0 cm³/mol. The summed E-state index contributed by atoms with van der Waals surface area (Å²) in [5, 5.41) is 0. The Hall–Kier alpha value is -1.39. The number of hydrogen-bond donors (Lipinski definition) is 0. The van der Waals surface area contributed by atoms with Crippen molar-refractivity contribution in [1.82, 2.24) is 4.90 Å². The fraction of sp³-hybridized carbons (Fsp3) is 0.850. The van der Waals surface area contributed by atoms with Gasteiger partial charge in [-0.2, -0.15) is 0 Å². The predicted octanol–water partition coefficient (Wildman–Crippen LogP) is 3.50. The summed E-state index contributed by atoms with van der Waals surface area (Å²) in [6.07, 6.45) is 9.79. The highest BCUT2D eigenvalue weighted by Gasteiger charge is 2.44. The topological polar surface area (TPSA) is 63.7 Å². The highest BCUT2D eigenvalue weighted by Crippen LogP contribution is 2.28. The maximum absolute atomic E-state index is 12.4. The van der Waals surface area contributed by atoms with E-state index >= 15 is 0 Å². The van der Waals surface area contributed by atoms with Gasteiger partial charge in [0.25, 0.3) is 5.91 Å². The minimum atomic E-state index is -0.679. The van der Waals surface area contributed by atoms with Gasteiger partial charge in [0.15, 0.2) is 0 Å². The molecule has 1 saturated carbocycles. The third kappa shape index (κ3) is 5.05. The molecular formula is C20H33NO4. The number of ketones is 1. The first-order chi connectivity index (χ1) is 11.9. The monoisotopic (exact) mass is 351 g/mol. The van der Waals surface area contributed by atoms with Gasteiger partial charge in [-0.3, -0.25) is 9.59 Å². The van der Waals surface area contributed by atoms with E-state index in [0.717, 1.165) is 18.8 Å². The van der Waals surface area contributed by atoms with Crippen LogP contribution in [0.5, 0.6) is 0 Å². The summed E-state index contributed by atoms with van der Waals surface area (Å²) in [6.45, 7) is 6.31. The smallest absolute Gasteiger partial charge is 0.328 e. The number of amides is 1. The van der Waals surface area contributed by atoms with E-state index in [2.05, 4.69) is 0 Å². The second-order valence-corrected chi connectivity index (χ2v) is 8.18. The lowest BCUT2D eigenvalue weighted by atomic mass is 9.84.